The van der Waals surface area contributed by atoms with Crippen molar-refractivity contribution in [3.63, 3.8) is 0 Å². The average Bonchev–Trinajstić information content (AvgIpc) is 2.85. The van der Waals surface area contributed by atoms with Crippen LogP contribution in [-0.4, -0.2) is 27.8 Å². The largest absolute Gasteiger partial charge is 0.340 e. The number of H-pyrrole nitrogens is 1. The average molecular weight is 438 g/mol. The second-order valence-corrected chi connectivity index (χ2v) is 7.47. The molecule has 1 unspecified atom stereocenters. The molecule has 7 nitrogen and oxygen atoms in total. The molecular weight excluding hydrogens is 416 g/mol. The number of carbonyl (C=O) groups is 2. The van der Waals surface area contributed by atoms with E-state index in [1.165, 1.54) is 6.07 Å². The third-order valence-electron chi connectivity index (χ3n) is 5.07. The van der Waals surface area contributed by atoms with Gasteiger partial charge in [0.25, 0.3) is 5.91 Å². The smallest absolute Gasteiger partial charge is 0.251 e. The van der Waals surface area contributed by atoms with Crippen LogP contribution in [0.15, 0.2) is 102 Å². The minimum absolute atomic E-state index is 0.185. The van der Waals surface area contributed by atoms with Crippen molar-refractivity contribution in [2.45, 2.75) is 12.5 Å². The lowest BCUT2D eigenvalue weighted by Crippen LogP contribution is -2.45. The molecule has 7 heteroatoms. The summed E-state index contributed by atoms with van der Waals surface area (Å²) in [5.41, 5.74) is 3.34. The molecule has 1 atom stereocenters. The molecule has 0 fully saturated rings. The summed E-state index contributed by atoms with van der Waals surface area (Å²) in [6, 6.07) is 22.0. The zero-order valence-electron chi connectivity index (χ0n) is 17.7. The Hall–Kier alpha value is -4.52. The number of amides is 2. The maximum Gasteiger partial charge on any atom is 0.251 e. The van der Waals surface area contributed by atoms with Crippen LogP contribution in [0, 0.1) is 0 Å². The molecule has 4 rings (SSSR count). The Labute approximate surface area is 190 Å². The van der Waals surface area contributed by atoms with Crippen molar-refractivity contribution in [3.8, 4) is 11.1 Å². The summed E-state index contributed by atoms with van der Waals surface area (Å²) in [6.07, 6.45) is 5.24. The van der Waals surface area contributed by atoms with E-state index in [9.17, 15) is 14.4 Å². The number of nitrogens with zero attached hydrogens (tertiary/aromatic N) is 1. The molecule has 3 N–H and O–H groups in total. The molecule has 2 aromatic heterocycles. The van der Waals surface area contributed by atoms with Crippen LogP contribution in [-0.2, 0) is 11.2 Å². The molecule has 0 spiro atoms. The number of hydrogen-bond acceptors (Lipinski definition) is 4. The highest BCUT2D eigenvalue weighted by atomic mass is 16.2. The van der Waals surface area contributed by atoms with E-state index in [0.717, 1.165) is 16.7 Å². The first-order valence-corrected chi connectivity index (χ1v) is 10.4. The van der Waals surface area contributed by atoms with Crippen LogP contribution < -0.4 is 16.2 Å². The zero-order chi connectivity index (χ0) is 23.0. The fourth-order valence-electron chi connectivity index (χ4n) is 3.39. The van der Waals surface area contributed by atoms with Crippen molar-refractivity contribution < 1.29 is 9.59 Å². The first-order valence-electron chi connectivity index (χ1n) is 10.4. The van der Waals surface area contributed by atoms with Gasteiger partial charge in [0, 0.05) is 42.3 Å². The first-order chi connectivity index (χ1) is 16.1. The highest BCUT2D eigenvalue weighted by molar-refractivity contribution is 6.01. The second kappa shape index (κ2) is 10.2. The molecular formula is C26H22N4O3. The number of aromatic nitrogens is 2. The van der Waals surface area contributed by atoms with E-state index in [0.29, 0.717) is 11.3 Å². The lowest BCUT2D eigenvalue weighted by molar-refractivity contribution is -0.118. The van der Waals surface area contributed by atoms with Gasteiger partial charge in [-0.15, -0.1) is 0 Å². The number of nitrogens with one attached hydrogen (secondary N) is 3. The summed E-state index contributed by atoms with van der Waals surface area (Å²) in [7, 11) is 0. The SMILES string of the molecule is O=C(NC(Cc1cccnc1)C(=O)Nc1cccc(-c2ccc(=O)[nH]c2)c1)c1ccccc1. The van der Waals surface area contributed by atoms with Gasteiger partial charge in [-0.1, -0.05) is 36.4 Å². The Bertz CT molecular complexity index is 1280. The Kier molecular flexibility index (Phi) is 6.70. The molecule has 4 aromatic rings. The van der Waals surface area contributed by atoms with Crippen molar-refractivity contribution in [2.24, 2.45) is 0 Å². The number of carbonyl (C=O) groups excluding carboxylic acids is 2. The minimum atomic E-state index is -0.807. The predicted molar refractivity (Wildman–Crippen MR) is 127 cm³/mol. The van der Waals surface area contributed by atoms with Crippen LogP contribution in [0.2, 0.25) is 0 Å². The predicted octanol–water partition coefficient (Wildman–Crippen LogP) is 3.42. The third-order valence-corrected chi connectivity index (χ3v) is 5.07. The van der Waals surface area contributed by atoms with E-state index >= 15 is 0 Å². The van der Waals surface area contributed by atoms with Gasteiger partial charge in [-0.2, -0.15) is 0 Å². The lowest BCUT2D eigenvalue weighted by Gasteiger charge is -2.19. The molecule has 0 saturated carbocycles. The first kappa shape index (κ1) is 21.7. The van der Waals surface area contributed by atoms with Crippen LogP contribution in [0.5, 0.6) is 0 Å². The van der Waals surface area contributed by atoms with Gasteiger partial charge >= 0.3 is 0 Å². The Morgan fingerprint density at radius 2 is 1.76 bits per heavy atom. The minimum Gasteiger partial charge on any atom is -0.340 e. The quantitative estimate of drug-likeness (QED) is 0.411. The number of pyridine rings is 2. The van der Waals surface area contributed by atoms with Gasteiger partial charge in [-0.25, -0.2) is 0 Å². The summed E-state index contributed by atoms with van der Waals surface area (Å²) < 4.78 is 0. The van der Waals surface area contributed by atoms with Crippen molar-refractivity contribution in [2.75, 3.05) is 5.32 Å². The van der Waals surface area contributed by atoms with Gasteiger partial charge in [-0.05, 0) is 53.1 Å². The Morgan fingerprint density at radius 3 is 2.48 bits per heavy atom. The van der Waals surface area contributed by atoms with Crippen LogP contribution in [0.3, 0.4) is 0 Å². The van der Waals surface area contributed by atoms with E-state index in [2.05, 4.69) is 20.6 Å². The lowest BCUT2D eigenvalue weighted by atomic mass is 10.0. The number of benzene rings is 2. The highest BCUT2D eigenvalue weighted by Gasteiger charge is 2.22. The van der Waals surface area contributed by atoms with E-state index in [1.54, 1.807) is 61.1 Å². The molecule has 0 aliphatic heterocycles. The Morgan fingerprint density at radius 1 is 0.909 bits per heavy atom. The summed E-state index contributed by atoms with van der Waals surface area (Å²) >= 11 is 0. The standard InChI is InChI=1S/C26H22N4O3/c31-24-12-11-21(17-28-24)20-9-4-10-22(15-20)29-26(33)23(14-18-6-5-13-27-16-18)30-25(32)19-7-2-1-3-8-19/h1-13,15-17,23H,14H2,(H,28,31)(H,29,33)(H,30,32). The fourth-order valence-corrected chi connectivity index (χ4v) is 3.39. The van der Waals surface area contributed by atoms with Crippen molar-refractivity contribution in [1.82, 2.24) is 15.3 Å². The normalized spacial score (nSPS) is 11.4. The van der Waals surface area contributed by atoms with E-state index in [-0.39, 0.29) is 23.8 Å². The molecule has 2 heterocycles. The van der Waals surface area contributed by atoms with Gasteiger partial charge < -0.3 is 15.6 Å². The molecule has 0 aliphatic carbocycles. The molecule has 164 valence electrons. The van der Waals surface area contributed by atoms with Crippen LogP contribution >= 0.6 is 0 Å². The number of hydrogen-bond donors (Lipinski definition) is 3. The molecule has 0 saturated heterocycles. The van der Waals surface area contributed by atoms with E-state index < -0.39 is 6.04 Å². The maximum atomic E-state index is 13.2. The monoisotopic (exact) mass is 438 g/mol. The fraction of sp³-hybridized carbons (Fsp3) is 0.0769. The second-order valence-electron chi connectivity index (χ2n) is 7.47. The summed E-state index contributed by atoms with van der Waals surface area (Å²) in [5, 5.41) is 5.73. The van der Waals surface area contributed by atoms with Gasteiger partial charge in [0.15, 0.2) is 0 Å². The van der Waals surface area contributed by atoms with Gasteiger partial charge in [0.05, 0.1) is 0 Å². The molecule has 0 bridgehead atoms. The topological polar surface area (TPSA) is 104 Å². The molecule has 33 heavy (non-hydrogen) atoms. The molecule has 2 aromatic carbocycles. The van der Waals surface area contributed by atoms with Crippen LogP contribution in [0.25, 0.3) is 11.1 Å². The van der Waals surface area contributed by atoms with Crippen molar-refractivity contribution in [1.29, 1.82) is 0 Å². The Balaban J connectivity index is 1.54. The molecule has 0 radical (unpaired) electrons. The summed E-state index contributed by atoms with van der Waals surface area (Å²) in [5.74, 6) is -0.677. The summed E-state index contributed by atoms with van der Waals surface area (Å²) in [6.45, 7) is 0. The maximum absolute atomic E-state index is 13.2. The summed E-state index contributed by atoms with van der Waals surface area (Å²) in [4.78, 5) is 44.0. The number of aromatic amines is 1. The van der Waals surface area contributed by atoms with Crippen molar-refractivity contribution >= 4 is 17.5 Å². The van der Waals surface area contributed by atoms with Crippen LogP contribution in [0.1, 0.15) is 15.9 Å². The van der Waals surface area contributed by atoms with Gasteiger partial charge in [0.1, 0.15) is 6.04 Å². The van der Waals surface area contributed by atoms with Gasteiger partial charge in [0.2, 0.25) is 11.5 Å². The zero-order valence-corrected chi connectivity index (χ0v) is 17.7. The molecule has 0 aliphatic rings. The number of rotatable bonds is 7. The van der Waals surface area contributed by atoms with E-state index in [4.69, 9.17) is 0 Å². The number of anilines is 1. The van der Waals surface area contributed by atoms with E-state index in [1.807, 2.05) is 30.3 Å². The highest BCUT2D eigenvalue weighted by Crippen LogP contribution is 2.21. The third kappa shape index (κ3) is 5.80. The van der Waals surface area contributed by atoms with Crippen LogP contribution in [0.4, 0.5) is 5.69 Å². The van der Waals surface area contributed by atoms with Crippen molar-refractivity contribution in [3.05, 3.63) is 119 Å². The molecule has 2 amide bonds. The van der Waals surface area contributed by atoms with Gasteiger partial charge in [-0.3, -0.25) is 19.4 Å².